The summed E-state index contributed by atoms with van der Waals surface area (Å²) in [5.41, 5.74) is 6.26. The molecule has 0 radical (unpaired) electrons. The first-order valence-corrected chi connectivity index (χ1v) is 6.53. The van der Waals surface area contributed by atoms with Crippen molar-refractivity contribution in [1.29, 1.82) is 0 Å². The number of aromatic nitrogens is 2. The largest absolute Gasteiger partial charge is 0.310 e. The molecule has 0 N–H and O–H groups in total. The van der Waals surface area contributed by atoms with Crippen molar-refractivity contribution in [2.45, 2.75) is 26.2 Å². The molecule has 4 heteroatoms. The van der Waals surface area contributed by atoms with Crippen LogP contribution in [0.25, 0.3) is 5.69 Å². The van der Waals surface area contributed by atoms with E-state index in [0.717, 1.165) is 11.4 Å². The standard InChI is InChI=1S/C13H14N2OS/c1-9-3-4-13(15-5-10(2)14-8-15)11-6-16-17-7-12(9)11/h3-5,8H,6-7H2,1-2H3. The fourth-order valence-corrected chi connectivity index (χ4v) is 2.96. The van der Waals surface area contributed by atoms with Crippen LogP contribution >= 0.6 is 12.0 Å². The summed E-state index contributed by atoms with van der Waals surface area (Å²) in [6, 6.07) is 4.32. The predicted octanol–water partition coefficient (Wildman–Crippen LogP) is 3.17. The van der Waals surface area contributed by atoms with Crippen LogP contribution in [0.1, 0.15) is 22.4 Å². The molecule has 0 saturated heterocycles. The molecule has 2 heterocycles. The fraction of sp³-hybridized carbons (Fsp3) is 0.308. The zero-order chi connectivity index (χ0) is 11.8. The lowest BCUT2D eigenvalue weighted by Crippen LogP contribution is -2.08. The van der Waals surface area contributed by atoms with E-state index in [1.54, 1.807) is 0 Å². The number of benzene rings is 1. The monoisotopic (exact) mass is 246 g/mol. The summed E-state index contributed by atoms with van der Waals surface area (Å²) in [7, 11) is 0. The average molecular weight is 246 g/mol. The minimum Gasteiger partial charge on any atom is -0.310 e. The van der Waals surface area contributed by atoms with Gasteiger partial charge in [0.05, 0.1) is 24.3 Å². The van der Waals surface area contributed by atoms with Gasteiger partial charge in [0.1, 0.15) is 0 Å². The Bertz CT molecular complexity index is 563. The zero-order valence-electron chi connectivity index (χ0n) is 9.93. The molecule has 0 saturated carbocycles. The second kappa shape index (κ2) is 4.20. The van der Waals surface area contributed by atoms with Gasteiger partial charge in [-0.15, -0.1) is 0 Å². The molecular weight excluding hydrogens is 232 g/mol. The lowest BCUT2D eigenvalue weighted by atomic mass is 10.0. The molecule has 3 nitrogen and oxygen atoms in total. The highest BCUT2D eigenvalue weighted by Crippen LogP contribution is 2.32. The van der Waals surface area contributed by atoms with Gasteiger partial charge in [0, 0.05) is 17.5 Å². The van der Waals surface area contributed by atoms with Crippen molar-refractivity contribution in [1.82, 2.24) is 9.55 Å². The minimum atomic E-state index is 0.675. The molecule has 1 aromatic carbocycles. The van der Waals surface area contributed by atoms with Crippen LogP contribution in [-0.4, -0.2) is 9.55 Å². The summed E-state index contributed by atoms with van der Waals surface area (Å²) in [5, 5.41) is 0. The number of nitrogens with zero attached hydrogens (tertiary/aromatic N) is 2. The van der Waals surface area contributed by atoms with Gasteiger partial charge in [-0.1, -0.05) is 6.07 Å². The third-order valence-corrected chi connectivity index (χ3v) is 3.81. The van der Waals surface area contributed by atoms with E-state index in [4.69, 9.17) is 4.18 Å². The van der Waals surface area contributed by atoms with E-state index in [9.17, 15) is 0 Å². The summed E-state index contributed by atoms with van der Waals surface area (Å²) in [6.07, 6.45) is 3.91. The summed E-state index contributed by atoms with van der Waals surface area (Å²) in [5.74, 6) is 0.933. The average Bonchev–Trinajstić information content (AvgIpc) is 2.77. The first-order chi connectivity index (χ1) is 8.25. The second-order valence-corrected chi connectivity index (χ2v) is 5.07. The van der Waals surface area contributed by atoms with Crippen LogP contribution < -0.4 is 0 Å². The van der Waals surface area contributed by atoms with Crippen LogP contribution in [-0.2, 0) is 16.5 Å². The number of aryl methyl sites for hydroxylation is 2. The molecule has 1 aliphatic rings. The SMILES string of the molecule is Cc1cn(-c2ccc(C)c3c2COSC3)cn1. The lowest BCUT2D eigenvalue weighted by Gasteiger charge is -2.21. The summed E-state index contributed by atoms with van der Waals surface area (Å²) < 4.78 is 7.58. The van der Waals surface area contributed by atoms with E-state index in [1.807, 2.05) is 19.4 Å². The number of fused-ring (bicyclic) bond motifs is 1. The Morgan fingerprint density at radius 3 is 2.94 bits per heavy atom. The van der Waals surface area contributed by atoms with E-state index in [0.29, 0.717) is 6.61 Å². The normalized spacial score (nSPS) is 14.7. The molecule has 0 atom stereocenters. The van der Waals surface area contributed by atoms with Gasteiger partial charge >= 0.3 is 0 Å². The minimum absolute atomic E-state index is 0.675. The smallest absolute Gasteiger partial charge is 0.0995 e. The predicted molar refractivity (Wildman–Crippen MR) is 69.1 cm³/mol. The second-order valence-electron chi connectivity index (χ2n) is 4.31. The summed E-state index contributed by atoms with van der Waals surface area (Å²) >= 11 is 1.54. The van der Waals surface area contributed by atoms with Gasteiger partial charge in [-0.2, -0.15) is 0 Å². The third-order valence-electron chi connectivity index (χ3n) is 3.12. The molecule has 1 aliphatic heterocycles. The van der Waals surface area contributed by atoms with Gasteiger partial charge < -0.3 is 8.75 Å². The maximum absolute atomic E-state index is 5.50. The Balaban J connectivity index is 2.17. The highest BCUT2D eigenvalue weighted by molar-refractivity contribution is 7.93. The van der Waals surface area contributed by atoms with Gasteiger partial charge in [0.15, 0.2) is 0 Å². The third kappa shape index (κ3) is 1.87. The molecule has 17 heavy (non-hydrogen) atoms. The molecule has 3 rings (SSSR count). The quantitative estimate of drug-likeness (QED) is 0.723. The topological polar surface area (TPSA) is 27.1 Å². The van der Waals surface area contributed by atoms with E-state index in [1.165, 1.54) is 34.4 Å². The van der Waals surface area contributed by atoms with Gasteiger partial charge in [-0.25, -0.2) is 4.98 Å². The van der Waals surface area contributed by atoms with Crippen LogP contribution in [0, 0.1) is 13.8 Å². The lowest BCUT2D eigenvalue weighted by molar-refractivity contribution is 0.354. The molecule has 88 valence electrons. The first-order valence-electron chi connectivity index (χ1n) is 5.62. The zero-order valence-corrected chi connectivity index (χ0v) is 10.8. The van der Waals surface area contributed by atoms with Gasteiger partial charge in [-0.3, -0.25) is 0 Å². The van der Waals surface area contributed by atoms with E-state index in [2.05, 4.69) is 28.6 Å². The van der Waals surface area contributed by atoms with E-state index < -0.39 is 0 Å². The van der Waals surface area contributed by atoms with Crippen molar-refractivity contribution < 1.29 is 4.18 Å². The summed E-state index contributed by atoms with van der Waals surface area (Å²) in [6.45, 7) is 4.84. The maximum atomic E-state index is 5.50. The number of rotatable bonds is 1. The number of hydrogen-bond acceptors (Lipinski definition) is 3. The highest BCUT2D eigenvalue weighted by Gasteiger charge is 2.17. The van der Waals surface area contributed by atoms with Crippen molar-refractivity contribution in [3.8, 4) is 5.69 Å². The Kier molecular flexibility index (Phi) is 2.68. The van der Waals surface area contributed by atoms with Crippen LogP contribution in [0.3, 0.4) is 0 Å². The molecule has 0 amide bonds. The van der Waals surface area contributed by atoms with Gasteiger partial charge in [-0.05, 0) is 43.1 Å². The van der Waals surface area contributed by atoms with Crippen LogP contribution in [0.5, 0.6) is 0 Å². The van der Waals surface area contributed by atoms with Crippen LogP contribution in [0.4, 0.5) is 0 Å². The van der Waals surface area contributed by atoms with Crippen molar-refractivity contribution in [2.24, 2.45) is 0 Å². The fourth-order valence-electron chi connectivity index (χ4n) is 2.16. The molecule has 1 aromatic heterocycles. The van der Waals surface area contributed by atoms with Gasteiger partial charge in [0.25, 0.3) is 0 Å². The number of hydrogen-bond donors (Lipinski definition) is 0. The Labute approximate surface area is 105 Å². The van der Waals surface area contributed by atoms with E-state index >= 15 is 0 Å². The first kappa shape index (κ1) is 10.9. The van der Waals surface area contributed by atoms with Gasteiger partial charge in [0.2, 0.25) is 0 Å². The highest BCUT2D eigenvalue weighted by atomic mass is 32.2. The molecule has 0 bridgehead atoms. The molecule has 2 aromatic rings. The van der Waals surface area contributed by atoms with E-state index in [-0.39, 0.29) is 0 Å². The van der Waals surface area contributed by atoms with Crippen molar-refractivity contribution >= 4 is 12.0 Å². The molecule has 0 aliphatic carbocycles. The maximum Gasteiger partial charge on any atom is 0.0995 e. The summed E-state index contributed by atoms with van der Waals surface area (Å²) in [4.78, 5) is 4.28. The number of imidazole rings is 1. The molecular formula is C13H14N2OS. The van der Waals surface area contributed by atoms with Crippen LogP contribution in [0.2, 0.25) is 0 Å². The molecule has 0 spiro atoms. The Morgan fingerprint density at radius 2 is 2.18 bits per heavy atom. The van der Waals surface area contributed by atoms with Crippen molar-refractivity contribution in [3.05, 3.63) is 47.0 Å². The molecule has 0 unspecified atom stereocenters. The Morgan fingerprint density at radius 1 is 1.29 bits per heavy atom. The van der Waals surface area contributed by atoms with Crippen molar-refractivity contribution in [3.63, 3.8) is 0 Å². The van der Waals surface area contributed by atoms with Crippen LogP contribution in [0.15, 0.2) is 24.7 Å². The molecule has 0 fully saturated rings. The Hall–Kier alpha value is -1.26. The van der Waals surface area contributed by atoms with Crippen molar-refractivity contribution in [2.75, 3.05) is 0 Å².